The first-order valence-corrected chi connectivity index (χ1v) is 10.2. The van der Waals surface area contributed by atoms with Gasteiger partial charge in [-0.1, -0.05) is 35.0 Å². The minimum absolute atomic E-state index is 0.0831. The largest absolute Gasteiger partial charge is 0.366 e. The number of rotatable bonds is 7. The summed E-state index contributed by atoms with van der Waals surface area (Å²) in [5.74, 6) is -0.443. The molecule has 1 aliphatic rings. The summed E-state index contributed by atoms with van der Waals surface area (Å²) in [5, 5.41) is 18.8. The molecule has 1 heterocycles. The van der Waals surface area contributed by atoms with Gasteiger partial charge in [0.15, 0.2) is 6.29 Å². The normalized spacial score (nSPS) is 17.2. The summed E-state index contributed by atoms with van der Waals surface area (Å²) in [6, 6.07) is 11.3. The van der Waals surface area contributed by atoms with Gasteiger partial charge in [0.25, 0.3) is 0 Å². The van der Waals surface area contributed by atoms with E-state index in [-0.39, 0.29) is 11.3 Å². The van der Waals surface area contributed by atoms with Crippen LogP contribution in [-0.4, -0.2) is 36.1 Å². The molecule has 2 unspecified atom stereocenters. The van der Waals surface area contributed by atoms with Crippen LogP contribution in [0.4, 0.5) is 10.1 Å². The second-order valence-electron chi connectivity index (χ2n) is 6.50. The minimum Gasteiger partial charge on any atom is -0.366 e. The van der Waals surface area contributed by atoms with Crippen molar-refractivity contribution in [3.05, 3.63) is 75.7 Å². The van der Waals surface area contributed by atoms with Gasteiger partial charge in [0.1, 0.15) is 11.9 Å². The molecule has 1 aliphatic heterocycles. The zero-order valence-electron chi connectivity index (χ0n) is 16.3. The van der Waals surface area contributed by atoms with Gasteiger partial charge in [-0.15, -0.1) is 0 Å². The van der Waals surface area contributed by atoms with Crippen LogP contribution < -0.4 is 4.90 Å². The Morgan fingerprint density at radius 1 is 1.28 bits per heavy atom. The number of aliphatic imine (C=N–C) groups is 1. The molecule has 2 aromatic carbocycles. The maximum absolute atomic E-state index is 14.3. The first kappa shape index (κ1) is 21.4. The fourth-order valence-corrected chi connectivity index (χ4v) is 3.56. The van der Waals surface area contributed by atoms with Crippen LogP contribution in [0.5, 0.6) is 0 Å². The average Bonchev–Trinajstić information content (AvgIpc) is 2.73. The highest BCUT2D eigenvalue weighted by atomic mass is 79.9. The standard InChI is InChI=1S/C22H23BrFN3O2/c1-3-15-12-19(22(28)29-4-2)26-13-27(15)20-10-9-14(23)11-17(20)21(25)16-7-5-6-8-18(16)24/h5-13,19,22,25,28H,3-4H2,1-2H3. The van der Waals surface area contributed by atoms with Crippen molar-refractivity contribution < 1.29 is 14.2 Å². The lowest BCUT2D eigenvalue weighted by atomic mass is 9.99. The second-order valence-corrected chi connectivity index (χ2v) is 7.41. The molecule has 0 saturated carbocycles. The summed E-state index contributed by atoms with van der Waals surface area (Å²) in [6.45, 7) is 4.21. The number of benzene rings is 2. The summed E-state index contributed by atoms with van der Waals surface area (Å²) in [4.78, 5) is 6.28. The van der Waals surface area contributed by atoms with Crippen LogP contribution in [-0.2, 0) is 4.74 Å². The smallest absolute Gasteiger partial charge is 0.180 e. The molecular weight excluding hydrogens is 437 g/mol. The predicted molar refractivity (Wildman–Crippen MR) is 117 cm³/mol. The highest BCUT2D eigenvalue weighted by molar-refractivity contribution is 9.10. The molecule has 3 rings (SSSR count). The van der Waals surface area contributed by atoms with E-state index < -0.39 is 18.1 Å². The lowest BCUT2D eigenvalue weighted by molar-refractivity contribution is -0.100. The summed E-state index contributed by atoms with van der Waals surface area (Å²) in [7, 11) is 0. The number of aliphatic hydroxyl groups excluding tert-OH is 1. The number of halogens is 2. The Hall–Kier alpha value is -2.35. The zero-order valence-corrected chi connectivity index (χ0v) is 17.9. The van der Waals surface area contributed by atoms with Gasteiger partial charge in [-0.25, -0.2) is 4.39 Å². The lowest BCUT2D eigenvalue weighted by Crippen LogP contribution is -2.34. The third-order valence-corrected chi connectivity index (χ3v) is 5.14. The maximum atomic E-state index is 14.3. The zero-order chi connectivity index (χ0) is 21.0. The first-order valence-electron chi connectivity index (χ1n) is 9.42. The van der Waals surface area contributed by atoms with Crippen molar-refractivity contribution in [1.29, 1.82) is 5.41 Å². The highest BCUT2D eigenvalue weighted by Crippen LogP contribution is 2.31. The molecule has 29 heavy (non-hydrogen) atoms. The van der Waals surface area contributed by atoms with E-state index in [9.17, 15) is 9.50 Å². The van der Waals surface area contributed by atoms with Gasteiger partial charge in [0.05, 0.1) is 17.7 Å². The summed E-state index contributed by atoms with van der Waals surface area (Å²) < 4.78 is 20.4. The molecule has 2 atom stereocenters. The van der Waals surface area contributed by atoms with E-state index in [2.05, 4.69) is 20.9 Å². The molecule has 2 N–H and O–H groups in total. The molecule has 5 nitrogen and oxygen atoms in total. The lowest BCUT2D eigenvalue weighted by Gasteiger charge is -2.31. The monoisotopic (exact) mass is 459 g/mol. The number of hydrogen-bond acceptors (Lipinski definition) is 5. The van der Waals surface area contributed by atoms with Gasteiger partial charge in [-0.05, 0) is 49.8 Å². The third-order valence-electron chi connectivity index (χ3n) is 4.65. The van der Waals surface area contributed by atoms with Crippen molar-refractivity contribution in [3.8, 4) is 0 Å². The molecular formula is C22H23BrFN3O2. The summed E-state index contributed by atoms with van der Waals surface area (Å²) in [5.41, 5.74) is 2.50. The van der Waals surface area contributed by atoms with E-state index in [0.29, 0.717) is 24.3 Å². The highest BCUT2D eigenvalue weighted by Gasteiger charge is 2.25. The van der Waals surface area contributed by atoms with Gasteiger partial charge in [-0.2, -0.15) is 0 Å². The van der Waals surface area contributed by atoms with E-state index in [1.807, 2.05) is 37.0 Å². The van der Waals surface area contributed by atoms with Crippen LogP contribution in [0.2, 0.25) is 0 Å². The fraction of sp³-hybridized carbons (Fsp3) is 0.273. The Morgan fingerprint density at radius 2 is 2.03 bits per heavy atom. The van der Waals surface area contributed by atoms with E-state index in [1.54, 1.807) is 30.6 Å². The van der Waals surface area contributed by atoms with Gasteiger partial charge >= 0.3 is 0 Å². The Morgan fingerprint density at radius 3 is 2.72 bits per heavy atom. The maximum Gasteiger partial charge on any atom is 0.180 e. The molecule has 0 fully saturated rings. The van der Waals surface area contributed by atoms with Crippen molar-refractivity contribution >= 4 is 33.7 Å². The van der Waals surface area contributed by atoms with Crippen LogP contribution >= 0.6 is 15.9 Å². The number of allylic oxidation sites excluding steroid dienone is 1. The average molecular weight is 460 g/mol. The summed E-state index contributed by atoms with van der Waals surface area (Å²) in [6.07, 6.45) is 3.16. The van der Waals surface area contributed by atoms with Crippen LogP contribution in [0.1, 0.15) is 31.4 Å². The number of anilines is 1. The van der Waals surface area contributed by atoms with Gasteiger partial charge < -0.3 is 14.7 Å². The van der Waals surface area contributed by atoms with Crippen molar-refractivity contribution in [2.45, 2.75) is 32.6 Å². The molecule has 0 bridgehead atoms. The van der Waals surface area contributed by atoms with Crippen LogP contribution in [0, 0.1) is 11.2 Å². The molecule has 152 valence electrons. The molecule has 0 saturated heterocycles. The summed E-state index contributed by atoms with van der Waals surface area (Å²) >= 11 is 3.45. The predicted octanol–water partition coefficient (Wildman–Crippen LogP) is 4.87. The topological polar surface area (TPSA) is 68.9 Å². The van der Waals surface area contributed by atoms with Crippen LogP contribution in [0.15, 0.2) is 63.7 Å². The number of nitrogens with one attached hydrogen (secondary N) is 1. The molecule has 7 heteroatoms. The number of ether oxygens (including phenoxy) is 1. The molecule has 0 radical (unpaired) electrons. The van der Waals surface area contributed by atoms with Gasteiger partial charge in [0, 0.05) is 27.9 Å². The molecule has 0 amide bonds. The molecule has 0 aliphatic carbocycles. The number of nitrogens with zero attached hydrogens (tertiary/aromatic N) is 2. The van der Waals surface area contributed by atoms with E-state index in [4.69, 9.17) is 10.1 Å². The molecule has 0 aromatic heterocycles. The van der Waals surface area contributed by atoms with Gasteiger partial charge in [-0.3, -0.25) is 10.4 Å². The van der Waals surface area contributed by atoms with Crippen molar-refractivity contribution in [3.63, 3.8) is 0 Å². The van der Waals surface area contributed by atoms with Crippen molar-refractivity contribution in [2.75, 3.05) is 11.5 Å². The van der Waals surface area contributed by atoms with E-state index in [1.165, 1.54) is 6.07 Å². The third kappa shape index (κ3) is 4.63. The SMILES string of the molecule is CCOC(O)C1C=C(CC)N(c2ccc(Br)cc2C(=N)c2ccccc2F)C=N1. The Labute approximate surface area is 178 Å². The Kier molecular flexibility index (Phi) is 6.95. The fourth-order valence-electron chi connectivity index (χ4n) is 3.20. The van der Waals surface area contributed by atoms with Gasteiger partial charge in [0.2, 0.25) is 0 Å². The van der Waals surface area contributed by atoms with E-state index >= 15 is 0 Å². The van der Waals surface area contributed by atoms with Crippen molar-refractivity contribution in [2.24, 2.45) is 4.99 Å². The number of hydrogen-bond donors (Lipinski definition) is 2. The van der Waals surface area contributed by atoms with E-state index in [0.717, 1.165) is 10.2 Å². The van der Waals surface area contributed by atoms with Crippen LogP contribution in [0.3, 0.4) is 0 Å². The first-order chi connectivity index (χ1) is 14.0. The van der Waals surface area contributed by atoms with Crippen LogP contribution in [0.25, 0.3) is 0 Å². The van der Waals surface area contributed by atoms with Crippen molar-refractivity contribution in [1.82, 2.24) is 0 Å². The number of aliphatic hydroxyl groups is 1. The minimum atomic E-state index is -1.01. The Balaban J connectivity index is 2.02. The Bertz CT molecular complexity index is 961. The quantitative estimate of drug-likeness (QED) is 0.458. The molecule has 0 spiro atoms. The second kappa shape index (κ2) is 9.43. The molecule has 2 aromatic rings.